The summed E-state index contributed by atoms with van der Waals surface area (Å²) < 4.78 is 10.6. The molecule has 0 radical (unpaired) electrons. The first-order valence-electron chi connectivity index (χ1n) is 7.81. The van der Waals surface area contributed by atoms with Gasteiger partial charge in [0, 0.05) is 12.0 Å². The number of benzene rings is 2. The summed E-state index contributed by atoms with van der Waals surface area (Å²) in [5.41, 5.74) is 1.33. The number of ether oxygens (including phenoxy) is 2. The van der Waals surface area contributed by atoms with Crippen LogP contribution in [0.15, 0.2) is 54.6 Å². The topological polar surface area (TPSA) is 47.6 Å². The Labute approximate surface area is 136 Å². The number of hydrogen-bond donors (Lipinski definition) is 1. The highest BCUT2D eigenvalue weighted by molar-refractivity contribution is 5.77. The molecule has 4 nitrogen and oxygen atoms in total. The Hall–Kier alpha value is -2.49. The Morgan fingerprint density at radius 3 is 2.35 bits per heavy atom. The quantitative estimate of drug-likeness (QED) is 0.855. The van der Waals surface area contributed by atoms with Gasteiger partial charge < -0.3 is 14.8 Å². The number of para-hydroxylation sites is 1. The molecule has 120 valence electrons. The van der Waals surface area contributed by atoms with Crippen LogP contribution in [0, 0.1) is 0 Å². The van der Waals surface area contributed by atoms with Gasteiger partial charge in [-0.3, -0.25) is 4.79 Å². The van der Waals surface area contributed by atoms with Crippen molar-refractivity contribution in [1.29, 1.82) is 0 Å². The highest BCUT2D eigenvalue weighted by Gasteiger charge is 2.44. The van der Waals surface area contributed by atoms with Gasteiger partial charge in [-0.15, -0.1) is 0 Å². The highest BCUT2D eigenvalue weighted by atomic mass is 16.5. The van der Waals surface area contributed by atoms with Crippen molar-refractivity contribution in [3.05, 3.63) is 60.2 Å². The molecule has 1 aliphatic rings. The number of nitrogens with one attached hydrogen (secondary N) is 1. The fourth-order valence-corrected chi connectivity index (χ4v) is 2.65. The van der Waals surface area contributed by atoms with E-state index in [1.807, 2.05) is 42.5 Å². The molecule has 1 fully saturated rings. The van der Waals surface area contributed by atoms with Crippen molar-refractivity contribution in [1.82, 2.24) is 5.32 Å². The second-order valence-electron chi connectivity index (χ2n) is 5.89. The lowest BCUT2D eigenvalue weighted by Crippen LogP contribution is -2.35. The Balaban J connectivity index is 1.50. The van der Waals surface area contributed by atoms with Crippen molar-refractivity contribution in [2.24, 2.45) is 0 Å². The molecule has 3 rings (SSSR count). The summed E-state index contributed by atoms with van der Waals surface area (Å²) in [6.45, 7) is 0.693. The van der Waals surface area contributed by atoms with Crippen molar-refractivity contribution >= 4 is 5.91 Å². The van der Waals surface area contributed by atoms with E-state index in [0.29, 0.717) is 12.3 Å². The van der Waals surface area contributed by atoms with E-state index < -0.39 is 0 Å². The summed E-state index contributed by atoms with van der Waals surface area (Å²) in [7, 11) is 1.66. The van der Waals surface area contributed by atoms with Crippen molar-refractivity contribution < 1.29 is 14.3 Å². The summed E-state index contributed by atoms with van der Waals surface area (Å²) in [6.07, 6.45) is 2.19. The SMILES string of the molecule is COc1ccc(C2(CNC(=O)COc3ccccc3)CC2)cc1. The number of carbonyl (C=O) groups is 1. The van der Waals surface area contributed by atoms with E-state index in [2.05, 4.69) is 17.4 Å². The number of carbonyl (C=O) groups excluding carboxylic acids is 1. The maximum absolute atomic E-state index is 12.0. The molecule has 0 atom stereocenters. The first-order valence-corrected chi connectivity index (χ1v) is 7.81. The zero-order chi connectivity index (χ0) is 16.1. The van der Waals surface area contributed by atoms with Crippen LogP contribution < -0.4 is 14.8 Å². The van der Waals surface area contributed by atoms with Crippen LogP contribution in [0.1, 0.15) is 18.4 Å². The van der Waals surface area contributed by atoms with Gasteiger partial charge >= 0.3 is 0 Å². The maximum atomic E-state index is 12.0. The predicted molar refractivity (Wildman–Crippen MR) is 88.9 cm³/mol. The van der Waals surface area contributed by atoms with Gasteiger partial charge in [0.05, 0.1) is 7.11 Å². The Morgan fingerprint density at radius 1 is 1.04 bits per heavy atom. The van der Waals surface area contributed by atoms with Crippen LogP contribution in [-0.2, 0) is 10.2 Å². The summed E-state index contributed by atoms with van der Waals surface area (Å²) >= 11 is 0. The molecule has 0 unspecified atom stereocenters. The average Bonchev–Trinajstić information content (AvgIpc) is 3.40. The van der Waals surface area contributed by atoms with Gasteiger partial charge in [0.25, 0.3) is 5.91 Å². The Kier molecular flexibility index (Phi) is 4.51. The van der Waals surface area contributed by atoms with Crippen molar-refractivity contribution in [2.45, 2.75) is 18.3 Å². The molecule has 0 aromatic heterocycles. The fourth-order valence-electron chi connectivity index (χ4n) is 2.65. The van der Waals surface area contributed by atoms with E-state index >= 15 is 0 Å². The van der Waals surface area contributed by atoms with Crippen LogP contribution in [0.3, 0.4) is 0 Å². The lowest BCUT2D eigenvalue weighted by atomic mass is 9.96. The van der Waals surface area contributed by atoms with Crippen LogP contribution in [-0.4, -0.2) is 26.2 Å². The fraction of sp³-hybridized carbons (Fsp3) is 0.316. The zero-order valence-electron chi connectivity index (χ0n) is 13.2. The van der Waals surface area contributed by atoms with E-state index in [9.17, 15) is 4.79 Å². The van der Waals surface area contributed by atoms with Gasteiger partial charge in [-0.2, -0.15) is 0 Å². The van der Waals surface area contributed by atoms with Gasteiger partial charge in [0.2, 0.25) is 0 Å². The van der Waals surface area contributed by atoms with Gasteiger partial charge in [0.1, 0.15) is 11.5 Å². The smallest absolute Gasteiger partial charge is 0.257 e. The van der Waals surface area contributed by atoms with Crippen LogP contribution in [0.4, 0.5) is 0 Å². The molecule has 0 bridgehead atoms. The first kappa shape index (κ1) is 15.4. The first-order chi connectivity index (χ1) is 11.2. The van der Waals surface area contributed by atoms with Crippen LogP contribution in [0.2, 0.25) is 0 Å². The molecular formula is C19H21NO3. The van der Waals surface area contributed by atoms with E-state index in [4.69, 9.17) is 9.47 Å². The van der Waals surface area contributed by atoms with Crippen LogP contribution in [0.25, 0.3) is 0 Å². The molecule has 0 aliphatic heterocycles. The van der Waals surface area contributed by atoms with Gasteiger partial charge in [0.15, 0.2) is 6.61 Å². The standard InChI is InChI=1S/C19H21NO3/c1-22-16-9-7-15(8-10-16)19(11-12-19)14-20-18(21)13-23-17-5-3-2-4-6-17/h2-10H,11-14H2,1H3,(H,20,21). The number of methoxy groups -OCH3 is 1. The van der Waals surface area contributed by atoms with Crippen molar-refractivity contribution in [3.8, 4) is 11.5 Å². The molecule has 23 heavy (non-hydrogen) atoms. The third kappa shape index (κ3) is 3.83. The normalized spacial score (nSPS) is 14.8. The van der Waals surface area contributed by atoms with Gasteiger partial charge in [-0.25, -0.2) is 0 Å². The summed E-state index contributed by atoms with van der Waals surface area (Å²) in [4.78, 5) is 12.0. The number of rotatable bonds is 7. The zero-order valence-corrected chi connectivity index (χ0v) is 13.2. The number of amides is 1. The second kappa shape index (κ2) is 6.73. The summed E-state index contributed by atoms with van der Waals surface area (Å²) in [6, 6.07) is 17.5. The van der Waals surface area contributed by atoms with E-state index in [-0.39, 0.29) is 17.9 Å². The third-order valence-corrected chi connectivity index (χ3v) is 4.29. The van der Waals surface area contributed by atoms with Crippen LogP contribution >= 0.6 is 0 Å². The predicted octanol–water partition coefficient (Wildman–Crippen LogP) is 2.92. The molecular weight excluding hydrogens is 290 g/mol. The molecule has 0 heterocycles. The van der Waals surface area contributed by atoms with Crippen molar-refractivity contribution in [3.63, 3.8) is 0 Å². The minimum atomic E-state index is -0.0892. The molecule has 4 heteroatoms. The molecule has 0 saturated heterocycles. The van der Waals surface area contributed by atoms with E-state index in [1.165, 1.54) is 5.56 Å². The molecule has 1 saturated carbocycles. The van der Waals surface area contributed by atoms with Crippen molar-refractivity contribution in [2.75, 3.05) is 20.3 Å². The molecule has 2 aromatic carbocycles. The minimum absolute atomic E-state index is 0.0444. The molecule has 1 aliphatic carbocycles. The van der Waals surface area contributed by atoms with E-state index in [1.54, 1.807) is 7.11 Å². The number of hydrogen-bond acceptors (Lipinski definition) is 3. The second-order valence-corrected chi connectivity index (χ2v) is 5.89. The Bertz CT molecular complexity index is 648. The minimum Gasteiger partial charge on any atom is -0.497 e. The highest BCUT2D eigenvalue weighted by Crippen LogP contribution is 2.47. The summed E-state index contributed by atoms with van der Waals surface area (Å²) in [5, 5.41) is 2.99. The summed E-state index contributed by atoms with van der Waals surface area (Å²) in [5.74, 6) is 1.47. The van der Waals surface area contributed by atoms with E-state index in [0.717, 1.165) is 18.6 Å². The molecule has 0 spiro atoms. The largest absolute Gasteiger partial charge is 0.497 e. The van der Waals surface area contributed by atoms with Gasteiger partial charge in [-0.05, 0) is 42.7 Å². The third-order valence-electron chi connectivity index (χ3n) is 4.29. The monoisotopic (exact) mass is 311 g/mol. The lowest BCUT2D eigenvalue weighted by Gasteiger charge is -2.17. The van der Waals surface area contributed by atoms with Gasteiger partial charge in [-0.1, -0.05) is 30.3 Å². The molecule has 2 aromatic rings. The maximum Gasteiger partial charge on any atom is 0.257 e. The Morgan fingerprint density at radius 2 is 1.74 bits per heavy atom. The molecule has 1 amide bonds. The average molecular weight is 311 g/mol. The molecule has 1 N–H and O–H groups in total. The van der Waals surface area contributed by atoms with Crippen LogP contribution in [0.5, 0.6) is 11.5 Å². The lowest BCUT2D eigenvalue weighted by molar-refractivity contribution is -0.123.